The van der Waals surface area contributed by atoms with E-state index >= 15 is 0 Å². The molecular weight excluding hydrogens is 212 g/mol. The van der Waals surface area contributed by atoms with Crippen LogP contribution in [0.3, 0.4) is 0 Å². The molecule has 1 atom stereocenters. The summed E-state index contributed by atoms with van der Waals surface area (Å²) in [5.41, 5.74) is 9.59. The van der Waals surface area contributed by atoms with Crippen molar-refractivity contribution in [3.8, 4) is 0 Å². The van der Waals surface area contributed by atoms with Crippen molar-refractivity contribution in [3.05, 3.63) is 35.1 Å². The standard InChI is InChI=1S/C9H10F4N2/c10-7-2-5(8(15)4-14)1-6(3-7)9(11,12)13/h1-3,8H,4,14-15H2/t8-/m0/s1. The van der Waals surface area contributed by atoms with Crippen LogP contribution in [-0.4, -0.2) is 6.54 Å². The van der Waals surface area contributed by atoms with Gasteiger partial charge in [0.1, 0.15) is 5.82 Å². The Kier molecular flexibility index (Phi) is 3.31. The van der Waals surface area contributed by atoms with E-state index in [4.69, 9.17) is 11.5 Å². The molecule has 0 amide bonds. The summed E-state index contributed by atoms with van der Waals surface area (Å²) in [6.45, 7) is -0.0409. The second kappa shape index (κ2) is 4.16. The average molecular weight is 222 g/mol. The molecule has 15 heavy (non-hydrogen) atoms. The van der Waals surface area contributed by atoms with Gasteiger partial charge < -0.3 is 11.5 Å². The van der Waals surface area contributed by atoms with Crippen LogP contribution in [0, 0.1) is 5.82 Å². The number of hydrogen-bond donors (Lipinski definition) is 2. The van der Waals surface area contributed by atoms with E-state index in [2.05, 4.69) is 0 Å². The van der Waals surface area contributed by atoms with Crippen LogP contribution in [0.15, 0.2) is 18.2 Å². The summed E-state index contributed by atoms with van der Waals surface area (Å²) in [5.74, 6) is -0.969. The molecule has 0 spiro atoms. The van der Waals surface area contributed by atoms with Gasteiger partial charge in [-0.1, -0.05) is 0 Å². The second-order valence-corrected chi connectivity index (χ2v) is 3.11. The van der Waals surface area contributed by atoms with Crippen LogP contribution in [0.25, 0.3) is 0 Å². The fraction of sp³-hybridized carbons (Fsp3) is 0.333. The zero-order valence-electron chi connectivity index (χ0n) is 7.68. The summed E-state index contributed by atoms with van der Waals surface area (Å²) in [4.78, 5) is 0. The first-order valence-corrected chi connectivity index (χ1v) is 4.18. The van der Waals surface area contributed by atoms with E-state index in [-0.39, 0.29) is 12.1 Å². The van der Waals surface area contributed by atoms with E-state index in [1.165, 1.54) is 0 Å². The molecule has 1 aromatic rings. The zero-order valence-corrected chi connectivity index (χ0v) is 7.68. The van der Waals surface area contributed by atoms with Gasteiger partial charge in [0.25, 0.3) is 0 Å². The van der Waals surface area contributed by atoms with Crippen LogP contribution in [0.1, 0.15) is 17.2 Å². The highest BCUT2D eigenvalue weighted by atomic mass is 19.4. The zero-order chi connectivity index (χ0) is 11.6. The molecule has 0 saturated heterocycles. The molecule has 0 aliphatic rings. The Morgan fingerprint density at radius 2 is 1.80 bits per heavy atom. The Balaban J connectivity index is 3.17. The first-order valence-electron chi connectivity index (χ1n) is 4.18. The Labute approximate surface area is 83.9 Å². The monoisotopic (exact) mass is 222 g/mol. The van der Waals surface area contributed by atoms with Gasteiger partial charge in [0.2, 0.25) is 0 Å². The average Bonchev–Trinajstić information content (AvgIpc) is 2.14. The number of halogens is 4. The van der Waals surface area contributed by atoms with E-state index in [1.807, 2.05) is 0 Å². The molecule has 0 bridgehead atoms. The highest BCUT2D eigenvalue weighted by molar-refractivity contribution is 5.29. The van der Waals surface area contributed by atoms with Crippen LogP contribution < -0.4 is 11.5 Å². The van der Waals surface area contributed by atoms with Crippen molar-refractivity contribution in [2.45, 2.75) is 12.2 Å². The number of alkyl halides is 3. The SMILES string of the molecule is NC[C@H](N)c1cc(F)cc(C(F)(F)F)c1. The Morgan fingerprint density at radius 3 is 2.27 bits per heavy atom. The predicted molar refractivity (Wildman–Crippen MR) is 47.4 cm³/mol. The molecule has 1 rings (SSSR count). The molecule has 0 aliphatic heterocycles. The maximum atomic E-state index is 12.9. The molecule has 4 N–H and O–H groups in total. The quantitative estimate of drug-likeness (QED) is 0.749. The molecule has 84 valence electrons. The second-order valence-electron chi connectivity index (χ2n) is 3.11. The summed E-state index contributed by atoms with van der Waals surface area (Å²) in [6.07, 6.45) is -4.58. The summed E-state index contributed by atoms with van der Waals surface area (Å²) < 4.78 is 49.7. The minimum atomic E-state index is -4.58. The van der Waals surface area contributed by atoms with Crippen molar-refractivity contribution >= 4 is 0 Å². The molecule has 0 aliphatic carbocycles. The lowest BCUT2D eigenvalue weighted by Gasteiger charge is -2.13. The summed E-state index contributed by atoms with van der Waals surface area (Å²) in [6, 6.07) is 1.39. The maximum Gasteiger partial charge on any atom is 0.416 e. The number of benzene rings is 1. The Morgan fingerprint density at radius 1 is 1.20 bits per heavy atom. The third-order valence-corrected chi connectivity index (χ3v) is 1.93. The minimum Gasteiger partial charge on any atom is -0.329 e. The van der Waals surface area contributed by atoms with Crippen molar-refractivity contribution < 1.29 is 17.6 Å². The van der Waals surface area contributed by atoms with Crippen LogP contribution in [0.4, 0.5) is 17.6 Å². The normalized spacial score (nSPS) is 14.0. The lowest BCUT2D eigenvalue weighted by Crippen LogP contribution is -2.21. The summed E-state index contributed by atoms with van der Waals surface area (Å²) in [5, 5.41) is 0. The van der Waals surface area contributed by atoms with Crippen LogP contribution in [0.2, 0.25) is 0 Å². The molecular formula is C9H10F4N2. The molecule has 0 radical (unpaired) electrons. The Bertz CT molecular complexity index is 348. The molecule has 0 unspecified atom stereocenters. The maximum absolute atomic E-state index is 12.9. The number of nitrogens with two attached hydrogens (primary N) is 2. The van der Waals surface area contributed by atoms with Gasteiger partial charge in [-0.15, -0.1) is 0 Å². The first kappa shape index (κ1) is 11.9. The molecule has 0 saturated carbocycles. The first-order chi connectivity index (χ1) is 6.84. The van der Waals surface area contributed by atoms with Gasteiger partial charge in [-0.05, 0) is 23.8 Å². The predicted octanol–water partition coefficient (Wildman–Crippen LogP) is 1.80. The van der Waals surface area contributed by atoms with Gasteiger partial charge in [-0.3, -0.25) is 0 Å². The summed E-state index contributed by atoms with van der Waals surface area (Å²) in [7, 11) is 0. The Hall–Kier alpha value is -1.14. The molecule has 2 nitrogen and oxygen atoms in total. The smallest absolute Gasteiger partial charge is 0.329 e. The number of hydrogen-bond acceptors (Lipinski definition) is 2. The molecule has 0 heterocycles. The third-order valence-electron chi connectivity index (χ3n) is 1.93. The van der Waals surface area contributed by atoms with Crippen molar-refractivity contribution in [1.29, 1.82) is 0 Å². The van der Waals surface area contributed by atoms with Crippen molar-refractivity contribution in [2.24, 2.45) is 11.5 Å². The van der Waals surface area contributed by atoms with Gasteiger partial charge in [-0.2, -0.15) is 13.2 Å². The van der Waals surface area contributed by atoms with Crippen LogP contribution in [0.5, 0.6) is 0 Å². The van der Waals surface area contributed by atoms with Crippen LogP contribution >= 0.6 is 0 Å². The fourth-order valence-electron chi connectivity index (χ4n) is 1.13. The lowest BCUT2D eigenvalue weighted by molar-refractivity contribution is -0.137. The molecule has 0 fully saturated rings. The van der Waals surface area contributed by atoms with Crippen molar-refractivity contribution in [1.82, 2.24) is 0 Å². The van der Waals surface area contributed by atoms with E-state index in [0.29, 0.717) is 6.07 Å². The highest BCUT2D eigenvalue weighted by Gasteiger charge is 2.31. The molecule has 0 aromatic heterocycles. The van der Waals surface area contributed by atoms with Gasteiger partial charge in [0, 0.05) is 12.6 Å². The fourth-order valence-corrected chi connectivity index (χ4v) is 1.13. The van der Waals surface area contributed by atoms with Crippen LogP contribution in [-0.2, 0) is 6.18 Å². The van der Waals surface area contributed by atoms with Gasteiger partial charge >= 0.3 is 6.18 Å². The topological polar surface area (TPSA) is 52.0 Å². The van der Waals surface area contributed by atoms with Gasteiger partial charge in [-0.25, -0.2) is 4.39 Å². The van der Waals surface area contributed by atoms with E-state index in [0.717, 1.165) is 12.1 Å². The van der Waals surface area contributed by atoms with E-state index in [1.54, 1.807) is 0 Å². The van der Waals surface area contributed by atoms with E-state index < -0.39 is 23.6 Å². The number of rotatable bonds is 2. The lowest BCUT2D eigenvalue weighted by atomic mass is 10.0. The largest absolute Gasteiger partial charge is 0.416 e. The third kappa shape index (κ3) is 2.90. The van der Waals surface area contributed by atoms with E-state index in [9.17, 15) is 17.6 Å². The summed E-state index contributed by atoms with van der Waals surface area (Å²) >= 11 is 0. The van der Waals surface area contributed by atoms with Gasteiger partial charge in [0.05, 0.1) is 5.56 Å². The van der Waals surface area contributed by atoms with Crippen molar-refractivity contribution in [2.75, 3.05) is 6.54 Å². The van der Waals surface area contributed by atoms with Crippen molar-refractivity contribution in [3.63, 3.8) is 0 Å². The highest BCUT2D eigenvalue weighted by Crippen LogP contribution is 2.31. The van der Waals surface area contributed by atoms with Gasteiger partial charge in [0.15, 0.2) is 0 Å². The minimum absolute atomic E-state index is 0.0409. The molecule has 1 aromatic carbocycles. The molecule has 6 heteroatoms.